The Balaban J connectivity index is 2.42. The molecule has 0 saturated carbocycles. The zero-order valence-corrected chi connectivity index (χ0v) is 11.4. The molecule has 3 atom stereocenters. The van der Waals surface area contributed by atoms with Gasteiger partial charge < -0.3 is 4.90 Å². The molecule has 1 aliphatic heterocycles. The molecule has 1 nitrogen and oxygen atoms in total. The Kier molecular flexibility index (Phi) is 3.56. The second-order valence-corrected chi connectivity index (χ2v) is 5.00. The monoisotopic (exact) mass is 229 g/mol. The smallest absolute Gasteiger partial charge is 0.0448 e. The van der Waals surface area contributed by atoms with Gasteiger partial charge in [-0.05, 0) is 31.9 Å². The second-order valence-electron chi connectivity index (χ2n) is 5.00. The van der Waals surface area contributed by atoms with Crippen LogP contribution in [-0.4, -0.2) is 12.1 Å². The summed E-state index contributed by atoms with van der Waals surface area (Å²) in [7, 11) is 0. The molecule has 0 spiro atoms. The van der Waals surface area contributed by atoms with Crippen molar-refractivity contribution in [2.45, 2.75) is 52.1 Å². The van der Waals surface area contributed by atoms with Gasteiger partial charge >= 0.3 is 0 Å². The highest BCUT2D eigenvalue weighted by Gasteiger charge is 2.35. The average molecular weight is 229 g/mol. The van der Waals surface area contributed by atoms with Crippen molar-refractivity contribution in [3.05, 3.63) is 42.0 Å². The van der Waals surface area contributed by atoms with Crippen LogP contribution in [0.3, 0.4) is 0 Å². The molecule has 0 saturated heterocycles. The molecule has 1 aromatic rings. The van der Waals surface area contributed by atoms with Crippen LogP contribution in [0.25, 0.3) is 0 Å². The molecule has 1 aromatic carbocycles. The van der Waals surface area contributed by atoms with E-state index in [9.17, 15) is 0 Å². The summed E-state index contributed by atoms with van der Waals surface area (Å²) in [6, 6.07) is 9.98. The first-order valence-corrected chi connectivity index (χ1v) is 6.70. The van der Waals surface area contributed by atoms with E-state index in [4.69, 9.17) is 0 Å². The van der Waals surface area contributed by atoms with Gasteiger partial charge in [0, 0.05) is 23.7 Å². The van der Waals surface area contributed by atoms with E-state index >= 15 is 0 Å². The normalized spacial score (nSPS) is 25.3. The van der Waals surface area contributed by atoms with Crippen LogP contribution in [0.5, 0.6) is 0 Å². The number of anilines is 1. The van der Waals surface area contributed by atoms with Gasteiger partial charge in [0.1, 0.15) is 0 Å². The van der Waals surface area contributed by atoms with Gasteiger partial charge in [0.25, 0.3) is 0 Å². The first-order chi connectivity index (χ1) is 8.20. The maximum atomic E-state index is 2.58. The fourth-order valence-electron chi connectivity index (χ4n) is 3.18. The van der Waals surface area contributed by atoms with Crippen LogP contribution in [0, 0.1) is 0 Å². The van der Waals surface area contributed by atoms with Gasteiger partial charge in [0.2, 0.25) is 0 Å². The summed E-state index contributed by atoms with van der Waals surface area (Å²) in [5.41, 5.74) is 2.94. The van der Waals surface area contributed by atoms with Gasteiger partial charge in [0.15, 0.2) is 0 Å². The summed E-state index contributed by atoms with van der Waals surface area (Å²) in [4.78, 5) is 2.58. The van der Waals surface area contributed by atoms with Crippen LogP contribution >= 0.6 is 0 Å². The predicted octanol–water partition coefficient (Wildman–Crippen LogP) is 4.35. The summed E-state index contributed by atoms with van der Waals surface area (Å²) in [6.45, 7) is 9.04. The second kappa shape index (κ2) is 4.95. The first-order valence-electron chi connectivity index (χ1n) is 6.70. The lowest BCUT2D eigenvalue weighted by molar-refractivity contribution is 0.518. The summed E-state index contributed by atoms with van der Waals surface area (Å²) >= 11 is 0. The molecular weight excluding hydrogens is 206 g/mol. The Labute approximate surface area is 105 Å². The van der Waals surface area contributed by atoms with E-state index in [1.54, 1.807) is 0 Å². The Bertz CT molecular complexity index is 408. The Morgan fingerprint density at radius 1 is 1.35 bits per heavy atom. The summed E-state index contributed by atoms with van der Waals surface area (Å²) < 4.78 is 0. The third-order valence-corrected chi connectivity index (χ3v) is 3.97. The molecule has 0 bridgehead atoms. The molecule has 0 fully saturated rings. The van der Waals surface area contributed by atoms with Crippen molar-refractivity contribution in [1.29, 1.82) is 0 Å². The number of fused-ring (bicyclic) bond motifs is 1. The van der Waals surface area contributed by atoms with Crippen LogP contribution in [-0.2, 0) is 0 Å². The van der Waals surface area contributed by atoms with E-state index in [0.29, 0.717) is 18.0 Å². The van der Waals surface area contributed by atoms with Crippen molar-refractivity contribution < 1.29 is 0 Å². The number of nitrogens with zero attached hydrogens (tertiary/aromatic N) is 1. The molecule has 0 aliphatic carbocycles. The van der Waals surface area contributed by atoms with E-state index < -0.39 is 0 Å². The molecule has 2 rings (SSSR count). The van der Waals surface area contributed by atoms with E-state index in [2.05, 4.69) is 69.0 Å². The molecule has 1 aliphatic rings. The third kappa shape index (κ3) is 1.99. The van der Waals surface area contributed by atoms with Crippen molar-refractivity contribution in [3.63, 3.8) is 0 Å². The lowest BCUT2D eigenvalue weighted by Crippen LogP contribution is -2.39. The highest BCUT2D eigenvalue weighted by atomic mass is 15.2. The average Bonchev–Trinajstić information content (AvgIpc) is 2.63. The van der Waals surface area contributed by atoms with E-state index in [1.165, 1.54) is 17.7 Å². The number of hydrogen-bond acceptors (Lipinski definition) is 1. The molecule has 0 radical (unpaired) electrons. The van der Waals surface area contributed by atoms with Crippen molar-refractivity contribution in [1.82, 2.24) is 0 Å². The van der Waals surface area contributed by atoms with Gasteiger partial charge in [-0.3, -0.25) is 0 Å². The number of rotatable bonds is 3. The molecule has 0 amide bonds. The minimum atomic E-state index is 0.482. The quantitative estimate of drug-likeness (QED) is 0.696. The van der Waals surface area contributed by atoms with Gasteiger partial charge in [-0.1, -0.05) is 44.2 Å². The highest BCUT2D eigenvalue weighted by molar-refractivity contribution is 5.62. The number of benzene rings is 1. The van der Waals surface area contributed by atoms with Gasteiger partial charge in [0.05, 0.1) is 0 Å². The topological polar surface area (TPSA) is 3.24 Å². The van der Waals surface area contributed by atoms with Crippen LogP contribution in [0.4, 0.5) is 5.69 Å². The van der Waals surface area contributed by atoms with E-state index in [1.807, 2.05) is 0 Å². The highest BCUT2D eigenvalue weighted by Crippen LogP contribution is 2.43. The standard InChI is InChI=1S/C16H23N/c1-5-9-12(3)17-15(6-2)13(4)14-10-7-8-11-16(14)17/h5,7-13,15H,6H2,1-4H3. The fraction of sp³-hybridized carbons (Fsp3) is 0.500. The van der Waals surface area contributed by atoms with Crippen molar-refractivity contribution >= 4 is 5.69 Å². The van der Waals surface area contributed by atoms with Crippen LogP contribution in [0.2, 0.25) is 0 Å². The number of allylic oxidation sites excluding steroid dienone is 1. The SMILES string of the molecule is CC=CC(C)N1c2ccccc2C(C)C1CC. The van der Waals surface area contributed by atoms with Gasteiger partial charge in [-0.25, -0.2) is 0 Å². The summed E-state index contributed by atoms with van der Waals surface area (Å²) in [5.74, 6) is 0.643. The molecule has 3 unspecified atom stereocenters. The van der Waals surface area contributed by atoms with Crippen LogP contribution in [0.1, 0.15) is 45.6 Å². The minimum absolute atomic E-state index is 0.482. The van der Waals surface area contributed by atoms with Crippen LogP contribution in [0.15, 0.2) is 36.4 Å². The lowest BCUT2D eigenvalue weighted by atomic mass is 9.95. The van der Waals surface area contributed by atoms with E-state index in [0.717, 1.165) is 0 Å². The van der Waals surface area contributed by atoms with Gasteiger partial charge in [-0.2, -0.15) is 0 Å². The predicted molar refractivity (Wildman–Crippen MR) is 75.7 cm³/mol. The first kappa shape index (κ1) is 12.2. The van der Waals surface area contributed by atoms with Crippen molar-refractivity contribution in [3.8, 4) is 0 Å². The zero-order valence-electron chi connectivity index (χ0n) is 11.4. The molecule has 17 heavy (non-hydrogen) atoms. The molecule has 0 aromatic heterocycles. The molecule has 0 N–H and O–H groups in total. The Morgan fingerprint density at radius 3 is 2.71 bits per heavy atom. The van der Waals surface area contributed by atoms with Crippen LogP contribution < -0.4 is 4.90 Å². The Morgan fingerprint density at radius 2 is 2.06 bits per heavy atom. The third-order valence-electron chi connectivity index (χ3n) is 3.97. The summed E-state index contributed by atoms with van der Waals surface area (Å²) in [6.07, 6.45) is 5.65. The fourth-order valence-corrected chi connectivity index (χ4v) is 3.18. The zero-order chi connectivity index (χ0) is 12.4. The number of hydrogen-bond donors (Lipinski definition) is 0. The molecule has 92 valence electrons. The minimum Gasteiger partial charge on any atom is -0.362 e. The largest absolute Gasteiger partial charge is 0.362 e. The van der Waals surface area contributed by atoms with Crippen molar-refractivity contribution in [2.75, 3.05) is 4.90 Å². The molecular formula is C16H23N. The molecule has 1 heteroatoms. The maximum Gasteiger partial charge on any atom is 0.0448 e. The summed E-state index contributed by atoms with van der Waals surface area (Å²) in [5, 5.41) is 0. The number of para-hydroxylation sites is 1. The van der Waals surface area contributed by atoms with E-state index in [-0.39, 0.29) is 0 Å². The van der Waals surface area contributed by atoms with Crippen molar-refractivity contribution in [2.24, 2.45) is 0 Å². The molecule has 1 heterocycles. The lowest BCUT2D eigenvalue weighted by Gasteiger charge is -2.33. The maximum absolute atomic E-state index is 2.58. The van der Waals surface area contributed by atoms with Gasteiger partial charge in [-0.15, -0.1) is 0 Å². The Hall–Kier alpha value is -1.24.